The molecule has 2 amide bonds. The highest BCUT2D eigenvalue weighted by Gasteiger charge is 2.16. The van der Waals surface area contributed by atoms with Crippen molar-refractivity contribution in [1.29, 1.82) is 0 Å². The van der Waals surface area contributed by atoms with E-state index >= 15 is 0 Å². The van der Waals surface area contributed by atoms with E-state index in [0.717, 1.165) is 12.1 Å². The Morgan fingerprint density at radius 3 is 2.56 bits per heavy atom. The lowest BCUT2D eigenvalue weighted by Gasteiger charge is -2.20. The zero-order chi connectivity index (χ0) is 13.5. The predicted molar refractivity (Wildman–Crippen MR) is 64.2 cm³/mol. The lowest BCUT2D eigenvalue weighted by atomic mass is 10.3. The Kier molecular flexibility index (Phi) is 5.26. The van der Waals surface area contributed by atoms with Crippen LogP contribution in [0.15, 0.2) is 30.9 Å². The molecule has 98 valence electrons. The van der Waals surface area contributed by atoms with Gasteiger partial charge in [-0.05, 0) is 12.1 Å². The Hall–Kier alpha value is -1.95. The van der Waals surface area contributed by atoms with E-state index in [0.29, 0.717) is 0 Å². The van der Waals surface area contributed by atoms with Gasteiger partial charge in [-0.1, -0.05) is 12.1 Å². The molecule has 1 rings (SSSR count). The third-order valence-corrected chi connectivity index (χ3v) is 2.20. The molecule has 0 saturated heterocycles. The summed E-state index contributed by atoms with van der Waals surface area (Å²) in [6, 6.07) is 2.59. The van der Waals surface area contributed by atoms with Crippen LogP contribution in [0.2, 0.25) is 0 Å². The Labute approximate surface area is 104 Å². The van der Waals surface area contributed by atoms with Crippen LogP contribution in [-0.2, 0) is 0 Å². The third-order valence-electron chi connectivity index (χ3n) is 2.20. The number of para-hydroxylation sites is 1. The van der Waals surface area contributed by atoms with E-state index in [9.17, 15) is 13.6 Å². The third kappa shape index (κ3) is 3.53. The van der Waals surface area contributed by atoms with Gasteiger partial charge in [0.2, 0.25) is 0 Å². The molecule has 0 aliphatic rings. The van der Waals surface area contributed by atoms with E-state index in [4.69, 9.17) is 5.11 Å². The zero-order valence-electron chi connectivity index (χ0n) is 9.70. The van der Waals surface area contributed by atoms with Crippen LogP contribution >= 0.6 is 0 Å². The van der Waals surface area contributed by atoms with Gasteiger partial charge in [0.1, 0.15) is 17.3 Å². The van der Waals surface area contributed by atoms with Crippen molar-refractivity contribution in [3.63, 3.8) is 0 Å². The number of hydrogen-bond donors (Lipinski definition) is 2. The van der Waals surface area contributed by atoms with Crippen molar-refractivity contribution in [1.82, 2.24) is 4.90 Å². The van der Waals surface area contributed by atoms with Crippen molar-refractivity contribution in [2.45, 2.75) is 0 Å². The van der Waals surface area contributed by atoms with Gasteiger partial charge >= 0.3 is 6.03 Å². The molecule has 0 fully saturated rings. The first-order valence-electron chi connectivity index (χ1n) is 5.31. The summed E-state index contributed by atoms with van der Waals surface area (Å²) in [5, 5.41) is 10.9. The van der Waals surface area contributed by atoms with Gasteiger partial charge in [0.25, 0.3) is 0 Å². The van der Waals surface area contributed by atoms with Crippen LogP contribution < -0.4 is 5.32 Å². The van der Waals surface area contributed by atoms with Crippen molar-refractivity contribution >= 4 is 11.7 Å². The fourth-order valence-electron chi connectivity index (χ4n) is 1.36. The van der Waals surface area contributed by atoms with E-state index in [1.165, 1.54) is 17.0 Å². The van der Waals surface area contributed by atoms with Crippen LogP contribution in [0.1, 0.15) is 0 Å². The summed E-state index contributed by atoms with van der Waals surface area (Å²) in [6.07, 6.45) is 1.45. The smallest absolute Gasteiger partial charge is 0.322 e. The number of urea groups is 1. The Balaban J connectivity index is 2.82. The predicted octanol–water partition coefficient (Wildman–Crippen LogP) is 1.98. The first-order chi connectivity index (χ1) is 8.60. The molecule has 0 saturated carbocycles. The Bertz CT molecular complexity index is 418. The van der Waals surface area contributed by atoms with Gasteiger partial charge in [-0.3, -0.25) is 0 Å². The number of anilines is 1. The molecule has 2 N–H and O–H groups in total. The summed E-state index contributed by atoms with van der Waals surface area (Å²) >= 11 is 0. The standard InChI is InChI=1S/C12H14F2N2O2/c1-2-6-16(7-8-17)12(18)15-11-9(13)4-3-5-10(11)14/h2-5,17H,1,6-8H2,(H,15,18). The monoisotopic (exact) mass is 256 g/mol. The molecule has 4 nitrogen and oxygen atoms in total. The number of aliphatic hydroxyl groups excluding tert-OH is 1. The van der Waals surface area contributed by atoms with Crippen LogP contribution in [0.25, 0.3) is 0 Å². The second-order valence-electron chi connectivity index (χ2n) is 3.49. The van der Waals surface area contributed by atoms with Gasteiger partial charge in [0, 0.05) is 13.1 Å². The van der Waals surface area contributed by atoms with Crippen molar-refractivity contribution in [2.24, 2.45) is 0 Å². The summed E-state index contributed by atoms with van der Waals surface area (Å²) in [6.45, 7) is 3.43. The fourth-order valence-corrected chi connectivity index (χ4v) is 1.36. The molecular weight excluding hydrogens is 242 g/mol. The van der Waals surface area contributed by atoms with Gasteiger partial charge in [-0.25, -0.2) is 13.6 Å². The number of halogens is 2. The molecule has 1 aromatic carbocycles. The lowest BCUT2D eigenvalue weighted by Crippen LogP contribution is -2.37. The largest absolute Gasteiger partial charge is 0.395 e. The minimum Gasteiger partial charge on any atom is -0.395 e. The van der Waals surface area contributed by atoms with Crippen molar-refractivity contribution in [3.05, 3.63) is 42.5 Å². The number of carbonyl (C=O) groups excluding carboxylic acids is 1. The van der Waals surface area contributed by atoms with Crippen molar-refractivity contribution in [2.75, 3.05) is 25.0 Å². The molecule has 0 atom stereocenters. The minimum absolute atomic E-state index is 0.0495. The Morgan fingerprint density at radius 1 is 1.44 bits per heavy atom. The first kappa shape index (κ1) is 14.1. The molecule has 0 aromatic heterocycles. The number of amides is 2. The fraction of sp³-hybridized carbons (Fsp3) is 0.250. The van der Waals surface area contributed by atoms with E-state index in [1.807, 2.05) is 0 Å². The summed E-state index contributed by atoms with van der Waals surface area (Å²) in [5.74, 6) is -1.71. The molecule has 0 spiro atoms. The number of rotatable bonds is 5. The van der Waals surface area contributed by atoms with Crippen molar-refractivity contribution in [3.8, 4) is 0 Å². The van der Waals surface area contributed by atoms with E-state index < -0.39 is 23.4 Å². The average molecular weight is 256 g/mol. The first-order valence-corrected chi connectivity index (χ1v) is 5.31. The summed E-state index contributed by atoms with van der Waals surface area (Å²) in [7, 11) is 0. The van der Waals surface area contributed by atoms with Crippen molar-refractivity contribution < 1.29 is 18.7 Å². The summed E-state index contributed by atoms with van der Waals surface area (Å²) in [5.41, 5.74) is -0.505. The molecular formula is C12H14F2N2O2. The van der Waals surface area contributed by atoms with Crippen LogP contribution in [0, 0.1) is 11.6 Å². The van der Waals surface area contributed by atoms with Gasteiger partial charge in [-0.15, -0.1) is 6.58 Å². The molecule has 0 aliphatic carbocycles. The maximum Gasteiger partial charge on any atom is 0.322 e. The maximum atomic E-state index is 13.3. The molecule has 6 heteroatoms. The van der Waals surface area contributed by atoms with Gasteiger partial charge < -0.3 is 15.3 Å². The number of benzene rings is 1. The number of nitrogens with zero attached hydrogens (tertiary/aromatic N) is 1. The number of nitrogens with one attached hydrogen (secondary N) is 1. The van der Waals surface area contributed by atoms with Gasteiger partial charge in [0.15, 0.2) is 0 Å². The van der Waals surface area contributed by atoms with Crippen LogP contribution in [0.5, 0.6) is 0 Å². The molecule has 0 heterocycles. The second kappa shape index (κ2) is 6.70. The minimum atomic E-state index is -0.856. The van der Waals surface area contributed by atoms with Crippen LogP contribution in [0.4, 0.5) is 19.3 Å². The molecule has 0 radical (unpaired) electrons. The highest BCUT2D eigenvalue weighted by atomic mass is 19.1. The second-order valence-corrected chi connectivity index (χ2v) is 3.49. The zero-order valence-corrected chi connectivity index (χ0v) is 9.70. The quantitative estimate of drug-likeness (QED) is 0.791. The van der Waals surface area contributed by atoms with Crippen LogP contribution in [0.3, 0.4) is 0 Å². The lowest BCUT2D eigenvalue weighted by molar-refractivity contribution is 0.195. The van der Waals surface area contributed by atoms with E-state index in [2.05, 4.69) is 11.9 Å². The summed E-state index contributed by atoms with van der Waals surface area (Å²) in [4.78, 5) is 12.9. The molecule has 1 aromatic rings. The Morgan fingerprint density at radius 2 is 2.06 bits per heavy atom. The molecule has 0 bridgehead atoms. The summed E-state index contributed by atoms with van der Waals surface area (Å²) < 4.78 is 26.6. The number of aliphatic hydroxyl groups is 1. The molecule has 0 unspecified atom stereocenters. The molecule has 0 aliphatic heterocycles. The highest BCUT2D eigenvalue weighted by Crippen LogP contribution is 2.18. The van der Waals surface area contributed by atoms with E-state index in [-0.39, 0.29) is 19.7 Å². The van der Waals surface area contributed by atoms with Crippen LogP contribution in [-0.4, -0.2) is 35.7 Å². The number of hydrogen-bond acceptors (Lipinski definition) is 2. The van der Waals surface area contributed by atoms with E-state index in [1.54, 1.807) is 0 Å². The average Bonchev–Trinajstić information content (AvgIpc) is 2.33. The SMILES string of the molecule is C=CCN(CCO)C(=O)Nc1c(F)cccc1F. The highest BCUT2D eigenvalue weighted by molar-refractivity contribution is 5.89. The number of carbonyl (C=O) groups is 1. The van der Waals surface area contributed by atoms with Gasteiger partial charge in [-0.2, -0.15) is 0 Å². The van der Waals surface area contributed by atoms with Gasteiger partial charge in [0.05, 0.1) is 6.61 Å². The molecule has 18 heavy (non-hydrogen) atoms. The topological polar surface area (TPSA) is 52.6 Å². The maximum absolute atomic E-state index is 13.3. The normalized spacial score (nSPS) is 9.94.